The van der Waals surface area contributed by atoms with Crippen molar-refractivity contribution < 1.29 is 4.39 Å². The van der Waals surface area contributed by atoms with E-state index in [0.717, 1.165) is 6.20 Å². The van der Waals surface area contributed by atoms with Gasteiger partial charge in [-0.05, 0) is 0 Å². The van der Waals surface area contributed by atoms with E-state index in [1.165, 1.54) is 6.33 Å². The Labute approximate surface area is 40.0 Å². The van der Waals surface area contributed by atoms with Gasteiger partial charge in [0.05, 0.1) is 6.20 Å². The average Bonchev–Trinajstić information content (AvgIpc) is 1.69. The van der Waals surface area contributed by atoms with Gasteiger partial charge in [0.25, 0.3) is 0 Å². The summed E-state index contributed by atoms with van der Waals surface area (Å²) < 4.78 is 11.7. The van der Waals surface area contributed by atoms with Crippen LogP contribution in [0.25, 0.3) is 0 Å². The van der Waals surface area contributed by atoms with Crippen LogP contribution < -0.4 is 0 Å². The maximum Gasteiger partial charge on any atom is 0.169 e. The summed E-state index contributed by atoms with van der Waals surface area (Å²) in [5.74, 6) is -0.525. The third kappa shape index (κ3) is 0.924. The molecule has 0 atom stereocenters. The van der Waals surface area contributed by atoms with Gasteiger partial charge in [0, 0.05) is 0 Å². The quantitative estimate of drug-likeness (QED) is 0.468. The molecule has 35 valence electrons. The molecule has 0 aromatic carbocycles. The Bertz CT molecular complexity index is 140. The molecule has 0 fully saturated rings. The zero-order chi connectivity index (χ0) is 5.11. The molecule has 0 saturated carbocycles. The summed E-state index contributed by atoms with van der Waals surface area (Å²) in [5.41, 5.74) is 0. The van der Waals surface area contributed by atoms with Gasteiger partial charge in [-0.1, -0.05) is 0 Å². The van der Waals surface area contributed by atoms with Gasteiger partial charge in [-0.25, -0.2) is 14.4 Å². The van der Waals surface area contributed by atoms with E-state index in [2.05, 4.69) is 16.2 Å². The molecule has 0 N–H and O–H groups in total. The third-order valence-electron chi connectivity index (χ3n) is 0.484. The lowest BCUT2D eigenvalue weighted by molar-refractivity contribution is 0.610. The van der Waals surface area contributed by atoms with E-state index in [1.807, 2.05) is 0 Å². The third-order valence-corrected chi connectivity index (χ3v) is 0.484. The van der Waals surface area contributed by atoms with E-state index in [4.69, 9.17) is 0 Å². The minimum absolute atomic E-state index is 0.525. The molecule has 1 rings (SSSR count). The van der Waals surface area contributed by atoms with Crippen molar-refractivity contribution in [1.29, 1.82) is 0 Å². The van der Waals surface area contributed by atoms with E-state index in [9.17, 15) is 4.39 Å². The summed E-state index contributed by atoms with van der Waals surface area (Å²) in [6.07, 6.45) is 4.33. The molecule has 0 aliphatic heterocycles. The highest BCUT2D eigenvalue weighted by Gasteiger charge is 1.81. The highest BCUT2D eigenvalue weighted by Crippen LogP contribution is 1.82. The van der Waals surface area contributed by atoms with Gasteiger partial charge in [0.1, 0.15) is 12.5 Å². The van der Waals surface area contributed by atoms with Crippen LogP contribution in [0.4, 0.5) is 4.39 Å². The first-order valence-electron chi connectivity index (χ1n) is 1.73. The van der Waals surface area contributed by atoms with Crippen LogP contribution in [0, 0.1) is 12.0 Å². The second kappa shape index (κ2) is 1.64. The fraction of sp³-hybridized carbons (Fsp3) is 0. The maximum absolute atomic E-state index is 11.7. The van der Waals surface area contributed by atoms with Crippen molar-refractivity contribution in [2.45, 2.75) is 0 Å². The summed E-state index contributed by atoms with van der Waals surface area (Å²) in [4.78, 5) is 6.64. The van der Waals surface area contributed by atoms with E-state index < -0.39 is 5.82 Å². The lowest BCUT2D eigenvalue weighted by atomic mass is 10.7. The van der Waals surface area contributed by atoms with Gasteiger partial charge in [-0.2, -0.15) is 0 Å². The Hall–Kier alpha value is -0.990. The fourth-order valence-electron chi connectivity index (χ4n) is 0.252. The summed E-state index contributed by atoms with van der Waals surface area (Å²) >= 11 is 0. The molecule has 1 radical (unpaired) electrons. The largest absolute Gasteiger partial charge is 0.242 e. The molecule has 0 bridgehead atoms. The molecule has 1 aromatic heterocycles. The van der Waals surface area contributed by atoms with Crippen LogP contribution in [-0.4, -0.2) is 9.97 Å². The van der Waals surface area contributed by atoms with Crippen molar-refractivity contribution in [3.63, 3.8) is 0 Å². The molecule has 0 saturated heterocycles. The maximum atomic E-state index is 11.7. The van der Waals surface area contributed by atoms with Crippen molar-refractivity contribution in [3.8, 4) is 0 Å². The number of halogens is 1. The molecule has 0 amide bonds. The summed E-state index contributed by atoms with van der Waals surface area (Å²) in [6, 6.07) is 0. The van der Waals surface area contributed by atoms with Crippen LogP contribution in [0.1, 0.15) is 0 Å². The Morgan fingerprint density at radius 2 is 2.57 bits per heavy atom. The average molecular weight is 97.1 g/mol. The van der Waals surface area contributed by atoms with Crippen molar-refractivity contribution in [3.05, 3.63) is 24.5 Å². The number of hydrogen-bond acceptors (Lipinski definition) is 2. The van der Waals surface area contributed by atoms with E-state index in [0.29, 0.717) is 0 Å². The molecule has 2 nitrogen and oxygen atoms in total. The molecule has 0 aliphatic carbocycles. The SMILES string of the molecule is Fc1[c]ncnc1. The smallest absolute Gasteiger partial charge is 0.169 e. The first kappa shape index (κ1) is 4.18. The number of aromatic nitrogens is 2. The van der Waals surface area contributed by atoms with Gasteiger partial charge in [-0.3, -0.25) is 0 Å². The van der Waals surface area contributed by atoms with Crippen LogP contribution in [0.5, 0.6) is 0 Å². The molecule has 1 heterocycles. The zero-order valence-electron chi connectivity index (χ0n) is 3.43. The molecule has 0 unspecified atom stereocenters. The first-order chi connectivity index (χ1) is 3.39. The highest BCUT2D eigenvalue weighted by molar-refractivity contribution is 4.78. The van der Waals surface area contributed by atoms with Crippen LogP contribution in [-0.2, 0) is 0 Å². The Balaban J connectivity index is 3.02. The lowest BCUT2D eigenvalue weighted by Crippen LogP contribution is -1.77. The Kier molecular flexibility index (Phi) is 0.978. The normalized spacial score (nSPS) is 8.71. The summed E-state index contributed by atoms with van der Waals surface area (Å²) in [7, 11) is 0. The van der Waals surface area contributed by atoms with Gasteiger partial charge >= 0.3 is 0 Å². The summed E-state index contributed by atoms with van der Waals surface area (Å²) in [6.45, 7) is 0. The van der Waals surface area contributed by atoms with Crippen LogP contribution in [0.2, 0.25) is 0 Å². The molecule has 3 heteroatoms. The molecule has 7 heavy (non-hydrogen) atoms. The minimum Gasteiger partial charge on any atom is -0.242 e. The second-order valence-corrected chi connectivity index (χ2v) is 0.982. The standard InChI is InChI=1S/C4H2FN2/c5-4-1-6-3-7-2-4/h1,3H. The van der Waals surface area contributed by atoms with Crippen LogP contribution in [0.15, 0.2) is 12.5 Å². The Morgan fingerprint density at radius 1 is 1.71 bits per heavy atom. The minimum atomic E-state index is -0.525. The lowest BCUT2D eigenvalue weighted by Gasteiger charge is -1.76. The van der Waals surface area contributed by atoms with E-state index in [-0.39, 0.29) is 0 Å². The van der Waals surface area contributed by atoms with Gasteiger partial charge in [-0.15, -0.1) is 0 Å². The van der Waals surface area contributed by atoms with Crippen molar-refractivity contribution in [2.75, 3.05) is 0 Å². The molecular weight excluding hydrogens is 95.1 g/mol. The van der Waals surface area contributed by atoms with Crippen molar-refractivity contribution >= 4 is 0 Å². The van der Waals surface area contributed by atoms with Gasteiger partial charge in [0.15, 0.2) is 5.82 Å². The van der Waals surface area contributed by atoms with Crippen molar-refractivity contribution in [2.24, 2.45) is 0 Å². The van der Waals surface area contributed by atoms with E-state index >= 15 is 0 Å². The van der Waals surface area contributed by atoms with Gasteiger partial charge in [0.2, 0.25) is 0 Å². The van der Waals surface area contributed by atoms with Crippen LogP contribution >= 0.6 is 0 Å². The predicted octanol–water partition coefficient (Wildman–Crippen LogP) is 0.416. The number of hydrogen-bond donors (Lipinski definition) is 0. The number of rotatable bonds is 0. The summed E-state index contributed by atoms with van der Waals surface area (Å²) in [5, 5.41) is 0. The Morgan fingerprint density at radius 3 is 2.86 bits per heavy atom. The molecule has 0 aliphatic rings. The van der Waals surface area contributed by atoms with Crippen molar-refractivity contribution in [1.82, 2.24) is 9.97 Å². The number of nitrogens with zero attached hydrogens (tertiary/aromatic N) is 2. The second-order valence-electron chi connectivity index (χ2n) is 0.982. The van der Waals surface area contributed by atoms with Gasteiger partial charge < -0.3 is 0 Å². The van der Waals surface area contributed by atoms with Crippen LogP contribution in [0.3, 0.4) is 0 Å². The molecule has 0 spiro atoms. The first-order valence-corrected chi connectivity index (χ1v) is 1.73. The topological polar surface area (TPSA) is 25.8 Å². The highest BCUT2D eigenvalue weighted by atomic mass is 19.1. The molecule has 1 aromatic rings. The monoisotopic (exact) mass is 97.0 g/mol. The molecular formula is C4H2FN2. The van der Waals surface area contributed by atoms with E-state index in [1.54, 1.807) is 0 Å². The fourth-order valence-corrected chi connectivity index (χ4v) is 0.252. The zero-order valence-corrected chi connectivity index (χ0v) is 3.43. The predicted molar refractivity (Wildman–Crippen MR) is 20.8 cm³/mol.